The van der Waals surface area contributed by atoms with Gasteiger partial charge in [0.1, 0.15) is 6.29 Å². The molecule has 0 aliphatic heterocycles. The van der Waals surface area contributed by atoms with Gasteiger partial charge in [-0.15, -0.1) is 0 Å². The first kappa shape index (κ1) is 6.59. The Morgan fingerprint density at radius 2 is 2.40 bits per heavy atom. The fourth-order valence-corrected chi connectivity index (χ4v) is 2.73. The van der Waals surface area contributed by atoms with Gasteiger partial charge in [0, 0.05) is 0 Å². The van der Waals surface area contributed by atoms with Crippen molar-refractivity contribution >= 4 is 22.2 Å². The maximum atomic E-state index is 10.6. The van der Waals surface area contributed by atoms with Gasteiger partial charge in [0.2, 0.25) is 0 Å². The van der Waals surface area contributed by atoms with Crippen LogP contribution in [0.5, 0.6) is 0 Å². The van der Waals surface area contributed by atoms with Gasteiger partial charge >= 0.3 is 0 Å². The van der Waals surface area contributed by atoms with E-state index in [0.29, 0.717) is 11.8 Å². The number of carbonyl (C=O) groups excluding carboxylic acids is 1. The van der Waals surface area contributed by atoms with E-state index in [1.807, 2.05) is 0 Å². The number of aldehydes is 1. The Bertz CT molecular complexity index is 199. The Morgan fingerprint density at radius 3 is 2.70 bits per heavy atom. The number of allylic oxidation sites excluding steroid dienone is 2. The summed E-state index contributed by atoms with van der Waals surface area (Å²) < 4.78 is -0.202. The van der Waals surface area contributed by atoms with Crippen molar-refractivity contribution in [3.63, 3.8) is 0 Å². The van der Waals surface area contributed by atoms with Gasteiger partial charge in [0.25, 0.3) is 0 Å². The van der Waals surface area contributed by atoms with Gasteiger partial charge in [-0.3, -0.25) is 0 Å². The maximum absolute atomic E-state index is 10.6. The van der Waals surface area contributed by atoms with Crippen molar-refractivity contribution in [3.05, 3.63) is 12.2 Å². The van der Waals surface area contributed by atoms with Crippen LogP contribution in [0, 0.1) is 11.8 Å². The molecule has 0 aromatic rings. The molecule has 0 spiro atoms. The Kier molecular flexibility index (Phi) is 1.28. The fourth-order valence-electron chi connectivity index (χ4n) is 1.97. The highest BCUT2D eigenvalue weighted by atomic mass is 79.9. The molecule has 0 unspecified atom stereocenters. The zero-order valence-electron chi connectivity index (χ0n) is 5.59. The van der Waals surface area contributed by atoms with Crippen LogP contribution >= 0.6 is 15.9 Å². The molecule has 2 bridgehead atoms. The summed E-state index contributed by atoms with van der Waals surface area (Å²) in [7, 11) is 0. The predicted molar refractivity (Wildman–Crippen MR) is 43.1 cm³/mol. The Hall–Kier alpha value is -0.110. The summed E-state index contributed by atoms with van der Waals surface area (Å²) in [6, 6.07) is 0. The minimum absolute atomic E-state index is 0.202. The third kappa shape index (κ3) is 0.715. The van der Waals surface area contributed by atoms with Crippen molar-refractivity contribution in [2.24, 2.45) is 11.8 Å². The quantitative estimate of drug-likeness (QED) is 0.360. The number of carbonyl (C=O) groups is 1. The van der Waals surface area contributed by atoms with Crippen LogP contribution in [-0.4, -0.2) is 10.6 Å². The molecular weight excluding hydrogens is 192 g/mol. The molecule has 1 nitrogen and oxygen atoms in total. The van der Waals surface area contributed by atoms with Crippen LogP contribution in [0.1, 0.15) is 12.8 Å². The molecule has 0 amide bonds. The first-order valence-electron chi connectivity index (χ1n) is 3.58. The van der Waals surface area contributed by atoms with E-state index in [0.717, 1.165) is 12.7 Å². The zero-order valence-corrected chi connectivity index (χ0v) is 7.17. The average molecular weight is 201 g/mol. The van der Waals surface area contributed by atoms with Gasteiger partial charge in [-0.1, -0.05) is 28.1 Å². The maximum Gasteiger partial charge on any atom is 0.137 e. The lowest BCUT2D eigenvalue weighted by molar-refractivity contribution is -0.110. The lowest BCUT2D eigenvalue weighted by atomic mass is 9.95. The van der Waals surface area contributed by atoms with Crippen molar-refractivity contribution in [3.8, 4) is 0 Å². The molecule has 0 aromatic carbocycles. The van der Waals surface area contributed by atoms with Crippen LogP contribution < -0.4 is 0 Å². The highest BCUT2D eigenvalue weighted by Crippen LogP contribution is 2.49. The molecule has 0 N–H and O–H groups in total. The smallest absolute Gasteiger partial charge is 0.137 e. The van der Waals surface area contributed by atoms with E-state index in [-0.39, 0.29) is 4.32 Å². The van der Waals surface area contributed by atoms with Gasteiger partial charge in [-0.25, -0.2) is 0 Å². The van der Waals surface area contributed by atoms with Crippen molar-refractivity contribution in [1.29, 1.82) is 0 Å². The largest absolute Gasteiger partial charge is 0.302 e. The van der Waals surface area contributed by atoms with Crippen LogP contribution in [0.3, 0.4) is 0 Å². The summed E-state index contributed by atoms with van der Waals surface area (Å²) in [6.07, 6.45) is 7.62. The molecule has 3 atom stereocenters. The summed E-state index contributed by atoms with van der Waals surface area (Å²) in [4.78, 5) is 10.6. The molecule has 0 saturated heterocycles. The van der Waals surface area contributed by atoms with Gasteiger partial charge in [0.15, 0.2) is 0 Å². The second-order valence-electron chi connectivity index (χ2n) is 3.24. The van der Waals surface area contributed by atoms with E-state index in [4.69, 9.17) is 0 Å². The summed E-state index contributed by atoms with van der Waals surface area (Å²) in [5.41, 5.74) is 0. The molecule has 2 aliphatic rings. The Labute approximate surface area is 68.6 Å². The molecule has 1 fully saturated rings. The molecule has 1 saturated carbocycles. The number of fused-ring (bicyclic) bond motifs is 2. The van der Waals surface area contributed by atoms with Crippen LogP contribution in [0.15, 0.2) is 12.2 Å². The highest BCUT2D eigenvalue weighted by Gasteiger charge is 2.46. The van der Waals surface area contributed by atoms with Gasteiger partial charge in [-0.2, -0.15) is 0 Å². The number of rotatable bonds is 1. The molecule has 0 heterocycles. The van der Waals surface area contributed by atoms with Gasteiger partial charge in [-0.05, 0) is 24.7 Å². The van der Waals surface area contributed by atoms with E-state index >= 15 is 0 Å². The molecular formula is C8H9BrO. The van der Waals surface area contributed by atoms with Gasteiger partial charge < -0.3 is 4.79 Å². The normalized spacial score (nSPS) is 50.1. The first-order valence-corrected chi connectivity index (χ1v) is 4.37. The highest BCUT2D eigenvalue weighted by molar-refractivity contribution is 9.10. The van der Waals surface area contributed by atoms with Crippen LogP contribution in [-0.2, 0) is 4.79 Å². The minimum Gasteiger partial charge on any atom is -0.302 e. The van der Waals surface area contributed by atoms with E-state index < -0.39 is 0 Å². The summed E-state index contributed by atoms with van der Waals surface area (Å²) in [5.74, 6) is 1.13. The first-order chi connectivity index (χ1) is 4.74. The average Bonchev–Trinajstić information content (AvgIpc) is 2.46. The predicted octanol–water partition coefficient (Wildman–Crippen LogP) is 1.92. The molecule has 2 aliphatic carbocycles. The van der Waals surface area contributed by atoms with Crippen molar-refractivity contribution in [2.45, 2.75) is 17.2 Å². The fraction of sp³-hybridized carbons (Fsp3) is 0.625. The number of hydrogen-bond donors (Lipinski definition) is 0. The molecule has 10 heavy (non-hydrogen) atoms. The van der Waals surface area contributed by atoms with Crippen molar-refractivity contribution in [2.75, 3.05) is 0 Å². The Morgan fingerprint density at radius 1 is 1.60 bits per heavy atom. The summed E-state index contributed by atoms with van der Waals surface area (Å²) in [6.45, 7) is 0. The third-order valence-corrected chi connectivity index (χ3v) is 3.66. The molecule has 2 rings (SSSR count). The van der Waals surface area contributed by atoms with Crippen LogP contribution in [0.2, 0.25) is 0 Å². The van der Waals surface area contributed by atoms with E-state index in [1.165, 1.54) is 6.42 Å². The monoisotopic (exact) mass is 200 g/mol. The van der Waals surface area contributed by atoms with E-state index in [2.05, 4.69) is 28.1 Å². The van der Waals surface area contributed by atoms with Gasteiger partial charge in [0.05, 0.1) is 4.32 Å². The second kappa shape index (κ2) is 1.94. The minimum atomic E-state index is -0.202. The third-order valence-electron chi connectivity index (χ3n) is 2.56. The SMILES string of the molecule is O=C[C@]1(Br)C[C@H]2C=C[C@@H]1C2. The zero-order chi connectivity index (χ0) is 7.19. The van der Waals surface area contributed by atoms with Crippen LogP contribution in [0.25, 0.3) is 0 Å². The topological polar surface area (TPSA) is 17.1 Å². The Balaban J connectivity index is 2.30. The van der Waals surface area contributed by atoms with E-state index in [1.54, 1.807) is 0 Å². The number of alkyl halides is 1. The van der Waals surface area contributed by atoms with E-state index in [9.17, 15) is 4.79 Å². The standard InChI is InChI=1S/C8H9BrO/c9-8(5-10)4-6-1-2-7(8)3-6/h1-2,5-7H,3-4H2/t6-,7+,8+/m0/s1. The molecule has 0 aromatic heterocycles. The lowest BCUT2D eigenvalue weighted by Gasteiger charge is -2.21. The number of halogens is 1. The molecule has 2 heteroatoms. The summed E-state index contributed by atoms with van der Waals surface area (Å²) in [5, 5.41) is 0. The van der Waals surface area contributed by atoms with Crippen molar-refractivity contribution < 1.29 is 4.79 Å². The van der Waals surface area contributed by atoms with Crippen molar-refractivity contribution in [1.82, 2.24) is 0 Å². The summed E-state index contributed by atoms with van der Waals surface area (Å²) >= 11 is 3.48. The lowest BCUT2D eigenvalue weighted by Crippen LogP contribution is -2.27. The molecule has 54 valence electrons. The van der Waals surface area contributed by atoms with Crippen LogP contribution in [0.4, 0.5) is 0 Å². The molecule has 0 radical (unpaired) electrons. The second-order valence-corrected chi connectivity index (χ2v) is 4.71. The number of hydrogen-bond acceptors (Lipinski definition) is 1.